The van der Waals surface area contributed by atoms with Crippen molar-refractivity contribution in [1.82, 2.24) is 9.97 Å². The van der Waals surface area contributed by atoms with Crippen molar-refractivity contribution in [1.29, 1.82) is 0 Å². The average molecular weight is 329 g/mol. The number of nitrogens with zero attached hydrogens (tertiary/aromatic N) is 2. The van der Waals surface area contributed by atoms with Gasteiger partial charge < -0.3 is 0 Å². The largest absolute Gasteiger partial charge is 0.254 e. The molecule has 0 saturated heterocycles. The topological polar surface area (TPSA) is 25.8 Å². The van der Waals surface area contributed by atoms with Crippen LogP contribution in [0.1, 0.15) is 11.1 Å². The third-order valence-corrected chi connectivity index (χ3v) is 6.32. The van der Waals surface area contributed by atoms with Crippen LogP contribution in [0.5, 0.6) is 0 Å². The van der Waals surface area contributed by atoms with Crippen LogP contribution in [-0.2, 0) is 12.1 Å². The average Bonchev–Trinajstić information content (AvgIpc) is 2.37. The summed E-state index contributed by atoms with van der Waals surface area (Å²) in [6.45, 7) is 14.3. The van der Waals surface area contributed by atoms with Crippen LogP contribution in [0.15, 0.2) is 36.7 Å². The molecule has 0 aliphatic carbocycles. The molecule has 0 radical (unpaired) electrons. The maximum absolute atomic E-state index is 4.61. The van der Waals surface area contributed by atoms with E-state index < -0.39 is 16.1 Å². The van der Waals surface area contributed by atoms with E-state index >= 15 is 0 Å². The molecular weight excluding hydrogens is 300 g/mol. The third-order valence-electron chi connectivity index (χ3n) is 3.38. The highest BCUT2D eigenvalue weighted by molar-refractivity contribution is 6.75. The first-order chi connectivity index (χ1) is 10.1. The van der Waals surface area contributed by atoms with Gasteiger partial charge in [-0.05, 0) is 35.3 Å². The van der Waals surface area contributed by atoms with E-state index in [4.69, 9.17) is 0 Å². The zero-order valence-corrected chi connectivity index (χ0v) is 16.8. The Kier molecular flexibility index (Phi) is 5.02. The van der Waals surface area contributed by atoms with E-state index in [0.717, 1.165) is 11.4 Å². The zero-order chi connectivity index (χ0) is 16.4. The Balaban J connectivity index is 2.12. The van der Waals surface area contributed by atoms with Gasteiger partial charge in [0.25, 0.3) is 0 Å². The second kappa shape index (κ2) is 6.46. The highest BCUT2D eigenvalue weighted by atomic mass is 28.3. The Labute approximate surface area is 137 Å². The van der Waals surface area contributed by atoms with Gasteiger partial charge in [0, 0.05) is 28.5 Å². The van der Waals surface area contributed by atoms with Gasteiger partial charge in [0.05, 0.1) is 11.4 Å². The quantitative estimate of drug-likeness (QED) is 0.723. The van der Waals surface area contributed by atoms with Gasteiger partial charge in [-0.2, -0.15) is 0 Å². The molecule has 2 nitrogen and oxygen atoms in total. The van der Waals surface area contributed by atoms with Gasteiger partial charge in [-0.1, -0.05) is 51.4 Å². The predicted molar refractivity (Wildman–Crippen MR) is 102 cm³/mol. The van der Waals surface area contributed by atoms with Crippen molar-refractivity contribution >= 4 is 16.1 Å². The molecule has 0 aliphatic rings. The molecular formula is C18H28N2Si2. The molecule has 2 heterocycles. The number of rotatable bonds is 5. The summed E-state index contributed by atoms with van der Waals surface area (Å²) in [5.74, 6) is 0. The number of hydrogen-bond donors (Lipinski definition) is 0. The highest BCUT2D eigenvalue weighted by Crippen LogP contribution is 2.18. The van der Waals surface area contributed by atoms with E-state index in [1.807, 2.05) is 12.4 Å². The van der Waals surface area contributed by atoms with E-state index in [1.54, 1.807) is 0 Å². The molecule has 4 heteroatoms. The van der Waals surface area contributed by atoms with Gasteiger partial charge in [0.2, 0.25) is 0 Å². The van der Waals surface area contributed by atoms with Crippen LogP contribution < -0.4 is 0 Å². The lowest BCUT2D eigenvalue weighted by atomic mass is 10.2. The summed E-state index contributed by atoms with van der Waals surface area (Å²) in [5.41, 5.74) is 4.63. The molecule has 0 unspecified atom stereocenters. The fraction of sp³-hybridized carbons (Fsp3) is 0.444. The van der Waals surface area contributed by atoms with E-state index in [9.17, 15) is 0 Å². The molecule has 118 valence electrons. The molecule has 0 amide bonds. The number of pyridine rings is 2. The number of aromatic nitrogens is 2. The molecule has 2 rings (SSSR count). The van der Waals surface area contributed by atoms with Crippen LogP contribution in [0.2, 0.25) is 39.3 Å². The van der Waals surface area contributed by atoms with Crippen LogP contribution >= 0.6 is 0 Å². The fourth-order valence-electron chi connectivity index (χ4n) is 2.59. The van der Waals surface area contributed by atoms with Crippen molar-refractivity contribution in [2.75, 3.05) is 0 Å². The minimum absolute atomic E-state index is 0.971. The second-order valence-corrected chi connectivity index (χ2v) is 19.5. The van der Waals surface area contributed by atoms with Crippen molar-refractivity contribution in [2.45, 2.75) is 51.4 Å². The van der Waals surface area contributed by atoms with Crippen molar-refractivity contribution < 1.29 is 0 Å². The summed E-state index contributed by atoms with van der Waals surface area (Å²) in [6, 6.07) is 11.0. The highest BCUT2D eigenvalue weighted by Gasteiger charge is 2.15. The van der Waals surface area contributed by atoms with Crippen molar-refractivity contribution in [3.8, 4) is 11.4 Å². The van der Waals surface area contributed by atoms with Gasteiger partial charge >= 0.3 is 0 Å². The van der Waals surface area contributed by atoms with Crippen molar-refractivity contribution in [3.63, 3.8) is 0 Å². The Hall–Kier alpha value is -1.27. The van der Waals surface area contributed by atoms with E-state index in [2.05, 4.69) is 73.5 Å². The molecule has 2 aromatic heterocycles. The Morgan fingerprint density at radius 2 is 1.00 bits per heavy atom. The zero-order valence-electron chi connectivity index (χ0n) is 14.8. The molecule has 0 aromatic carbocycles. The van der Waals surface area contributed by atoms with Gasteiger partial charge in [0.15, 0.2) is 0 Å². The molecule has 22 heavy (non-hydrogen) atoms. The minimum atomic E-state index is -1.08. The predicted octanol–water partition coefficient (Wildman–Crippen LogP) is 4.98. The maximum atomic E-state index is 4.61. The van der Waals surface area contributed by atoms with E-state index in [0.29, 0.717) is 0 Å². The van der Waals surface area contributed by atoms with E-state index in [1.165, 1.54) is 23.2 Å². The SMILES string of the molecule is C[Si](C)(C)Cc1ccc(-c2ccc(C[Si](C)(C)C)cn2)nc1. The maximum Gasteiger partial charge on any atom is 0.0886 e. The molecule has 0 bridgehead atoms. The first kappa shape index (κ1) is 17.1. The fourth-order valence-corrected chi connectivity index (χ4v) is 5.45. The molecule has 2 aromatic rings. The van der Waals surface area contributed by atoms with Crippen molar-refractivity contribution in [2.24, 2.45) is 0 Å². The third kappa shape index (κ3) is 5.50. The Bertz CT molecular complexity index is 548. The molecule has 0 spiro atoms. The lowest BCUT2D eigenvalue weighted by Crippen LogP contribution is -2.24. The van der Waals surface area contributed by atoms with E-state index in [-0.39, 0.29) is 0 Å². The smallest absolute Gasteiger partial charge is 0.0886 e. The summed E-state index contributed by atoms with van der Waals surface area (Å²) in [7, 11) is -2.15. The monoisotopic (exact) mass is 328 g/mol. The van der Waals surface area contributed by atoms with Gasteiger partial charge in [-0.3, -0.25) is 9.97 Å². The summed E-state index contributed by atoms with van der Waals surface area (Å²) in [6.07, 6.45) is 4.04. The first-order valence-electron chi connectivity index (χ1n) is 8.03. The van der Waals surface area contributed by atoms with Gasteiger partial charge in [0.1, 0.15) is 0 Å². The molecule has 0 fully saturated rings. The molecule has 0 N–H and O–H groups in total. The minimum Gasteiger partial charge on any atom is -0.254 e. The van der Waals surface area contributed by atoms with Crippen LogP contribution in [0.25, 0.3) is 11.4 Å². The van der Waals surface area contributed by atoms with Crippen LogP contribution in [0, 0.1) is 0 Å². The first-order valence-corrected chi connectivity index (χ1v) is 15.4. The second-order valence-electron chi connectivity index (χ2n) is 8.58. The summed E-state index contributed by atoms with van der Waals surface area (Å²) >= 11 is 0. The molecule has 0 saturated carbocycles. The van der Waals surface area contributed by atoms with Crippen molar-refractivity contribution in [3.05, 3.63) is 47.8 Å². The lowest BCUT2D eigenvalue weighted by molar-refractivity contribution is 1.17. The summed E-state index contributed by atoms with van der Waals surface area (Å²) in [5, 5.41) is 0. The van der Waals surface area contributed by atoms with Crippen LogP contribution in [-0.4, -0.2) is 26.1 Å². The summed E-state index contributed by atoms with van der Waals surface area (Å²) in [4.78, 5) is 9.21. The normalized spacial score (nSPS) is 12.5. The van der Waals surface area contributed by atoms with Crippen LogP contribution in [0.3, 0.4) is 0 Å². The Morgan fingerprint density at radius 3 is 1.23 bits per heavy atom. The lowest BCUT2D eigenvalue weighted by Gasteiger charge is -2.16. The number of hydrogen-bond acceptors (Lipinski definition) is 2. The summed E-state index contributed by atoms with van der Waals surface area (Å²) < 4.78 is 0. The Morgan fingerprint density at radius 1 is 0.636 bits per heavy atom. The molecule has 0 atom stereocenters. The molecule has 0 aliphatic heterocycles. The van der Waals surface area contributed by atoms with Crippen LogP contribution in [0.4, 0.5) is 0 Å². The standard InChI is InChI=1S/C18H28N2Si2/c1-21(2,3)13-15-7-9-17(19-11-15)18-10-8-16(12-20-18)14-22(4,5)6/h7-12H,13-14H2,1-6H3. The van der Waals surface area contributed by atoms with Gasteiger partial charge in [-0.25, -0.2) is 0 Å². The van der Waals surface area contributed by atoms with Gasteiger partial charge in [-0.15, -0.1) is 0 Å².